The van der Waals surface area contributed by atoms with Gasteiger partial charge in [0.25, 0.3) is 0 Å². The number of rotatable bonds is 3. The first-order valence-corrected chi connectivity index (χ1v) is 6.54. The van der Waals surface area contributed by atoms with E-state index in [2.05, 4.69) is 28.8 Å². The second kappa shape index (κ2) is 4.92. The summed E-state index contributed by atoms with van der Waals surface area (Å²) in [6, 6.07) is 10.2. The Morgan fingerprint density at radius 2 is 1.85 bits per heavy atom. The molecule has 3 aromatic rings. The summed E-state index contributed by atoms with van der Waals surface area (Å²) in [5.41, 5.74) is 2.45. The molecular formula is C15H16N4O. The zero-order valence-electron chi connectivity index (χ0n) is 11.7. The van der Waals surface area contributed by atoms with Crippen LogP contribution in [0.4, 0.5) is 0 Å². The van der Waals surface area contributed by atoms with Crippen LogP contribution in [0, 0.1) is 0 Å². The predicted molar refractivity (Wildman–Crippen MR) is 77.7 cm³/mol. The molecular weight excluding hydrogens is 252 g/mol. The van der Waals surface area contributed by atoms with Crippen LogP contribution in [0.15, 0.2) is 36.7 Å². The van der Waals surface area contributed by atoms with Crippen LogP contribution >= 0.6 is 0 Å². The van der Waals surface area contributed by atoms with Crippen molar-refractivity contribution in [2.75, 3.05) is 7.11 Å². The smallest absolute Gasteiger partial charge is 0.245 e. The Morgan fingerprint density at radius 1 is 1.10 bits per heavy atom. The molecule has 0 saturated carbocycles. The molecule has 0 atom stereocenters. The normalized spacial score (nSPS) is 11.2. The molecule has 5 heteroatoms. The minimum Gasteiger partial charge on any atom is -0.479 e. The molecule has 0 spiro atoms. The van der Waals surface area contributed by atoms with Crippen LogP contribution < -0.4 is 4.74 Å². The summed E-state index contributed by atoms with van der Waals surface area (Å²) in [5, 5.41) is 0. The fourth-order valence-electron chi connectivity index (χ4n) is 2.13. The maximum Gasteiger partial charge on any atom is 0.245 e. The van der Waals surface area contributed by atoms with Crippen LogP contribution in [0.25, 0.3) is 22.6 Å². The maximum absolute atomic E-state index is 5.36. The van der Waals surface area contributed by atoms with E-state index >= 15 is 0 Å². The molecule has 3 rings (SSSR count). The van der Waals surface area contributed by atoms with Gasteiger partial charge in [0, 0.05) is 11.6 Å². The van der Waals surface area contributed by atoms with Crippen molar-refractivity contribution in [2.24, 2.45) is 0 Å². The molecule has 1 aromatic carbocycles. The molecule has 0 amide bonds. The Morgan fingerprint density at radius 3 is 2.50 bits per heavy atom. The molecule has 0 fully saturated rings. The number of fused-ring (bicyclic) bond motifs is 1. The molecule has 0 aliphatic heterocycles. The van der Waals surface area contributed by atoms with Crippen molar-refractivity contribution in [3.8, 4) is 17.3 Å². The lowest BCUT2D eigenvalue weighted by atomic mass is 10.2. The van der Waals surface area contributed by atoms with E-state index in [4.69, 9.17) is 4.74 Å². The van der Waals surface area contributed by atoms with Crippen LogP contribution in [0.5, 0.6) is 5.88 Å². The van der Waals surface area contributed by atoms with Gasteiger partial charge in [-0.1, -0.05) is 30.3 Å². The maximum atomic E-state index is 5.36. The molecule has 2 heterocycles. The predicted octanol–water partition coefficient (Wildman–Crippen LogP) is 3.08. The molecule has 0 N–H and O–H groups in total. The Bertz CT molecular complexity index is 734. The van der Waals surface area contributed by atoms with E-state index in [1.54, 1.807) is 13.4 Å². The quantitative estimate of drug-likeness (QED) is 0.732. The summed E-state index contributed by atoms with van der Waals surface area (Å²) in [5.74, 6) is 1.16. The van der Waals surface area contributed by atoms with Crippen molar-refractivity contribution >= 4 is 11.2 Å². The van der Waals surface area contributed by atoms with Gasteiger partial charge < -0.3 is 9.30 Å². The highest BCUT2D eigenvalue weighted by molar-refractivity contribution is 5.79. The highest BCUT2D eigenvalue weighted by atomic mass is 16.5. The third kappa shape index (κ3) is 2.01. The number of ether oxygens (including phenoxy) is 1. The largest absolute Gasteiger partial charge is 0.479 e. The number of hydrogen-bond donors (Lipinski definition) is 0. The molecule has 5 nitrogen and oxygen atoms in total. The number of methoxy groups -OCH3 is 1. The average Bonchev–Trinajstić information content (AvgIpc) is 2.91. The molecule has 0 radical (unpaired) electrons. The van der Waals surface area contributed by atoms with Crippen molar-refractivity contribution < 1.29 is 4.74 Å². The van der Waals surface area contributed by atoms with Gasteiger partial charge in [0.2, 0.25) is 5.88 Å². The number of imidazole rings is 1. The van der Waals surface area contributed by atoms with E-state index in [0.29, 0.717) is 17.2 Å². The van der Waals surface area contributed by atoms with Gasteiger partial charge >= 0.3 is 0 Å². The Kier molecular flexibility index (Phi) is 3.10. The standard InChI is InChI=1S/C15H16N4O/c1-10(2)19-9-16-12-14(19)17-13(18-15(12)20-3)11-7-5-4-6-8-11/h4-10H,1-3H3. The van der Waals surface area contributed by atoms with Crippen molar-refractivity contribution in [3.63, 3.8) is 0 Å². The topological polar surface area (TPSA) is 52.8 Å². The SMILES string of the molecule is COc1nc(-c2ccccc2)nc2c1ncn2C(C)C. The van der Waals surface area contributed by atoms with E-state index in [9.17, 15) is 0 Å². The van der Waals surface area contributed by atoms with Crippen molar-refractivity contribution in [1.82, 2.24) is 19.5 Å². The fraction of sp³-hybridized carbons (Fsp3) is 0.267. The summed E-state index contributed by atoms with van der Waals surface area (Å²) in [6.45, 7) is 4.19. The first-order chi connectivity index (χ1) is 9.70. The van der Waals surface area contributed by atoms with Gasteiger partial charge in [-0.15, -0.1) is 0 Å². The van der Waals surface area contributed by atoms with Crippen molar-refractivity contribution in [3.05, 3.63) is 36.7 Å². The minimum absolute atomic E-state index is 0.281. The van der Waals surface area contributed by atoms with Crippen LogP contribution in [0.3, 0.4) is 0 Å². The summed E-state index contributed by atoms with van der Waals surface area (Å²) in [4.78, 5) is 13.5. The van der Waals surface area contributed by atoms with Gasteiger partial charge in [0.1, 0.15) is 0 Å². The molecule has 0 aliphatic rings. The second-order valence-corrected chi connectivity index (χ2v) is 4.84. The summed E-state index contributed by atoms with van der Waals surface area (Å²) >= 11 is 0. The zero-order valence-corrected chi connectivity index (χ0v) is 11.7. The Balaban J connectivity index is 2.27. The van der Waals surface area contributed by atoms with Crippen LogP contribution in [-0.2, 0) is 0 Å². The van der Waals surface area contributed by atoms with E-state index < -0.39 is 0 Å². The lowest BCUT2D eigenvalue weighted by Gasteiger charge is -2.09. The monoisotopic (exact) mass is 268 g/mol. The number of benzene rings is 1. The highest BCUT2D eigenvalue weighted by Gasteiger charge is 2.15. The molecule has 0 aliphatic carbocycles. The molecule has 2 aromatic heterocycles. The Hall–Kier alpha value is -2.43. The lowest BCUT2D eigenvalue weighted by molar-refractivity contribution is 0.402. The summed E-state index contributed by atoms with van der Waals surface area (Å²) in [7, 11) is 1.60. The first-order valence-electron chi connectivity index (χ1n) is 6.54. The van der Waals surface area contributed by atoms with Gasteiger partial charge in [-0.2, -0.15) is 4.98 Å². The van der Waals surface area contributed by atoms with Crippen LogP contribution in [-0.4, -0.2) is 26.6 Å². The third-order valence-electron chi connectivity index (χ3n) is 3.17. The molecule has 102 valence electrons. The van der Waals surface area contributed by atoms with Crippen molar-refractivity contribution in [2.45, 2.75) is 19.9 Å². The van der Waals surface area contributed by atoms with Gasteiger partial charge in [0.15, 0.2) is 17.0 Å². The zero-order chi connectivity index (χ0) is 14.1. The number of aromatic nitrogens is 4. The van der Waals surface area contributed by atoms with Crippen LogP contribution in [0.1, 0.15) is 19.9 Å². The van der Waals surface area contributed by atoms with Crippen molar-refractivity contribution in [1.29, 1.82) is 0 Å². The third-order valence-corrected chi connectivity index (χ3v) is 3.17. The highest BCUT2D eigenvalue weighted by Crippen LogP contribution is 2.26. The van der Waals surface area contributed by atoms with E-state index in [1.807, 2.05) is 34.9 Å². The molecule has 20 heavy (non-hydrogen) atoms. The van der Waals surface area contributed by atoms with Gasteiger partial charge in [-0.3, -0.25) is 0 Å². The van der Waals surface area contributed by atoms with Gasteiger partial charge in [-0.25, -0.2) is 9.97 Å². The summed E-state index contributed by atoms with van der Waals surface area (Å²) in [6.07, 6.45) is 1.78. The average molecular weight is 268 g/mol. The van der Waals surface area contributed by atoms with Crippen LogP contribution in [0.2, 0.25) is 0 Å². The van der Waals surface area contributed by atoms with E-state index in [-0.39, 0.29) is 6.04 Å². The second-order valence-electron chi connectivity index (χ2n) is 4.84. The van der Waals surface area contributed by atoms with Gasteiger partial charge in [-0.05, 0) is 13.8 Å². The molecule has 0 saturated heterocycles. The molecule has 0 bridgehead atoms. The number of nitrogens with zero attached hydrogens (tertiary/aromatic N) is 4. The van der Waals surface area contributed by atoms with Gasteiger partial charge in [0.05, 0.1) is 13.4 Å². The minimum atomic E-state index is 0.281. The lowest BCUT2D eigenvalue weighted by Crippen LogP contribution is -2.02. The molecule has 0 unspecified atom stereocenters. The first kappa shape index (κ1) is 12.6. The Labute approximate surface area is 117 Å². The number of hydrogen-bond acceptors (Lipinski definition) is 4. The van der Waals surface area contributed by atoms with E-state index in [1.165, 1.54) is 0 Å². The van der Waals surface area contributed by atoms with E-state index in [0.717, 1.165) is 11.2 Å². The summed E-state index contributed by atoms with van der Waals surface area (Å²) < 4.78 is 7.38. The fourth-order valence-corrected chi connectivity index (χ4v) is 2.13.